The van der Waals surface area contributed by atoms with Gasteiger partial charge in [0.2, 0.25) is 5.16 Å². The van der Waals surface area contributed by atoms with Crippen molar-refractivity contribution in [1.29, 1.82) is 0 Å². The van der Waals surface area contributed by atoms with Crippen LogP contribution in [0.1, 0.15) is 0 Å². The average Bonchev–Trinajstić information content (AvgIpc) is 3.01. The Labute approximate surface area is 138 Å². The van der Waals surface area contributed by atoms with Gasteiger partial charge >= 0.3 is 0 Å². The molecule has 0 amide bonds. The number of nitrogens with zero attached hydrogens (tertiary/aromatic N) is 3. The van der Waals surface area contributed by atoms with Gasteiger partial charge in [-0.15, -0.1) is 5.10 Å². The molecule has 0 N–H and O–H groups in total. The Bertz CT molecular complexity index is 733. The fourth-order valence-corrected chi connectivity index (χ4v) is 2.67. The lowest BCUT2D eigenvalue weighted by atomic mass is 10.3. The second-order valence-electron chi connectivity index (χ2n) is 4.46. The van der Waals surface area contributed by atoms with Crippen molar-refractivity contribution in [2.45, 2.75) is 5.16 Å². The molecule has 0 aliphatic rings. The summed E-state index contributed by atoms with van der Waals surface area (Å²) in [5.41, 5.74) is 0.997. The standard InChI is InChI=1S/C16H14ClN3OS/c17-13-5-4-8-15(11-13)21-9-10-22-16-18-12-20(19-16)14-6-2-1-3-7-14/h1-8,11-12H,9-10H2. The molecule has 0 aliphatic carbocycles. The molecule has 3 rings (SSSR count). The fraction of sp³-hybridized carbons (Fsp3) is 0.125. The first-order valence-electron chi connectivity index (χ1n) is 6.79. The van der Waals surface area contributed by atoms with Gasteiger partial charge in [-0.3, -0.25) is 0 Å². The summed E-state index contributed by atoms with van der Waals surface area (Å²) in [6.45, 7) is 0.574. The van der Waals surface area contributed by atoms with Crippen LogP contribution in [-0.4, -0.2) is 27.1 Å². The van der Waals surface area contributed by atoms with E-state index in [-0.39, 0.29) is 0 Å². The molecule has 0 atom stereocenters. The van der Waals surface area contributed by atoms with Gasteiger partial charge in [0.15, 0.2) is 0 Å². The van der Waals surface area contributed by atoms with Crippen molar-refractivity contribution in [3.05, 3.63) is 65.9 Å². The summed E-state index contributed by atoms with van der Waals surface area (Å²) < 4.78 is 7.40. The van der Waals surface area contributed by atoms with Crippen LogP contribution >= 0.6 is 23.4 Å². The molecule has 3 aromatic rings. The highest BCUT2D eigenvalue weighted by molar-refractivity contribution is 7.99. The summed E-state index contributed by atoms with van der Waals surface area (Å²) in [5.74, 6) is 1.54. The molecular weight excluding hydrogens is 318 g/mol. The molecule has 4 nitrogen and oxygen atoms in total. The monoisotopic (exact) mass is 331 g/mol. The van der Waals surface area contributed by atoms with Crippen molar-refractivity contribution in [1.82, 2.24) is 14.8 Å². The minimum absolute atomic E-state index is 0.574. The van der Waals surface area contributed by atoms with Gasteiger partial charge in [0, 0.05) is 10.8 Å². The average molecular weight is 332 g/mol. The van der Waals surface area contributed by atoms with Crippen LogP contribution < -0.4 is 4.74 Å². The lowest BCUT2D eigenvalue weighted by molar-refractivity contribution is 0.344. The second kappa shape index (κ2) is 7.33. The Morgan fingerprint density at radius 2 is 1.95 bits per heavy atom. The summed E-state index contributed by atoms with van der Waals surface area (Å²) >= 11 is 7.46. The molecule has 6 heteroatoms. The maximum absolute atomic E-state index is 5.91. The minimum Gasteiger partial charge on any atom is -0.493 e. The minimum atomic E-state index is 0.574. The molecule has 0 aliphatic heterocycles. The van der Waals surface area contributed by atoms with Crippen LogP contribution in [0.5, 0.6) is 5.75 Å². The van der Waals surface area contributed by atoms with Crippen molar-refractivity contribution < 1.29 is 4.74 Å². The van der Waals surface area contributed by atoms with E-state index in [1.807, 2.05) is 48.5 Å². The van der Waals surface area contributed by atoms with Gasteiger partial charge in [0.25, 0.3) is 0 Å². The molecule has 0 saturated heterocycles. The van der Waals surface area contributed by atoms with E-state index in [1.54, 1.807) is 28.8 Å². The summed E-state index contributed by atoms with van der Waals surface area (Å²) in [7, 11) is 0. The van der Waals surface area contributed by atoms with Gasteiger partial charge in [-0.1, -0.05) is 47.6 Å². The summed E-state index contributed by atoms with van der Waals surface area (Å²) in [6.07, 6.45) is 1.72. The molecule has 0 bridgehead atoms. The highest BCUT2D eigenvalue weighted by Crippen LogP contribution is 2.18. The van der Waals surface area contributed by atoms with Gasteiger partial charge in [-0.2, -0.15) is 0 Å². The number of aromatic nitrogens is 3. The van der Waals surface area contributed by atoms with E-state index in [4.69, 9.17) is 16.3 Å². The normalized spacial score (nSPS) is 10.6. The second-order valence-corrected chi connectivity index (χ2v) is 5.96. The van der Waals surface area contributed by atoms with E-state index in [1.165, 1.54) is 0 Å². The van der Waals surface area contributed by atoms with E-state index in [2.05, 4.69) is 10.1 Å². The first-order valence-corrected chi connectivity index (χ1v) is 8.16. The molecule has 112 valence electrons. The third kappa shape index (κ3) is 4.02. The van der Waals surface area contributed by atoms with Gasteiger partial charge in [0.1, 0.15) is 12.1 Å². The zero-order valence-corrected chi connectivity index (χ0v) is 13.3. The first kappa shape index (κ1) is 14.9. The number of benzene rings is 2. The topological polar surface area (TPSA) is 39.9 Å². The molecule has 0 saturated carbocycles. The molecule has 22 heavy (non-hydrogen) atoms. The van der Waals surface area contributed by atoms with E-state index < -0.39 is 0 Å². The van der Waals surface area contributed by atoms with Crippen molar-refractivity contribution >= 4 is 23.4 Å². The van der Waals surface area contributed by atoms with Gasteiger partial charge < -0.3 is 4.74 Å². The zero-order chi connectivity index (χ0) is 15.2. The summed E-state index contributed by atoms with van der Waals surface area (Å²) in [5, 5.41) is 5.84. The zero-order valence-electron chi connectivity index (χ0n) is 11.7. The van der Waals surface area contributed by atoms with Crippen LogP contribution in [0.25, 0.3) is 5.69 Å². The number of hydrogen-bond donors (Lipinski definition) is 0. The van der Waals surface area contributed by atoms with Crippen LogP contribution in [0.3, 0.4) is 0 Å². The molecular formula is C16H14ClN3OS. The first-order chi connectivity index (χ1) is 10.8. The van der Waals surface area contributed by atoms with Crippen LogP contribution in [-0.2, 0) is 0 Å². The third-order valence-corrected chi connectivity index (χ3v) is 3.92. The molecule has 1 aromatic heterocycles. The van der Waals surface area contributed by atoms with Crippen molar-refractivity contribution in [3.8, 4) is 11.4 Å². The Morgan fingerprint density at radius 3 is 2.77 bits per heavy atom. The quantitative estimate of drug-likeness (QED) is 0.504. The molecule has 0 radical (unpaired) electrons. The van der Waals surface area contributed by atoms with E-state index in [0.717, 1.165) is 22.3 Å². The van der Waals surface area contributed by atoms with E-state index in [0.29, 0.717) is 11.6 Å². The molecule has 0 unspecified atom stereocenters. The Kier molecular flexibility index (Phi) is 4.98. The van der Waals surface area contributed by atoms with Crippen LogP contribution in [0.4, 0.5) is 0 Å². The molecule has 0 fully saturated rings. The highest BCUT2D eigenvalue weighted by atomic mass is 35.5. The maximum Gasteiger partial charge on any atom is 0.208 e. The maximum atomic E-state index is 5.91. The van der Waals surface area contributed by atoms with Gasteiger partial charge in [-0.25, -0.2) is 9.67 Å². The summed E-state index contributed by atoms with van der Waals surface area (Å²) in [4.78, 5) is 4.29. The Morgan fingerprint density at radius 1 is 1.09 bits per heavy atom. The largest absolute Gasteiger partial charge is 0.493 e. The molecule has 2 aromatic carbocycles. The Hall–Kier alpha value is -1.98. The number of thioether (sulfide) groups is 1. The SMILES string of the molecule is Clc1cccc(OCCSc2ncn(-c3ccccc3)n2)c1. The van der Waals surface area contributed by atoms with Crippen molar-refractivity contribution in [2.24, 2.45) is 0 Å². The van der Waals surface area contributed by atoms with E-state index >= 15 is 0 Å². The smallest absolute Gasteiger partial charge is 0.208 e. The number of para-hydroxylation sites is 1. The lowest BCUT2D eigenvalue weighted by Gasteiger charge is -2.04. The highest BCUT2D eigenvalue weighted by Gasteiger charge is 2.03. The van der Waals surface area contributed by atoms with Crippen LogP contribution in [0, 0.1) is 0 Å². The third-order valence-electron chi connectivity index (χ3n) is 2.87. The predicted octanol–water partition coefficient (Wildman–Crippen LogP) is 4.09. The lowest BCUT2D eigenvalue weighted by Crippen LogP contribution is -2.00. The fourth-order valence-electron chi connectivity index (χ4n) is 1.87. The summed E-state index contributed by atoms with van der Waals surface area (Å²) in [6, 6.07) is 17.3. The van der Waals surface area contributed by atoms with E-state index in [9.17, 15) is 0 Å². The Balaban J connectivity index is 1.49. The van der Waals surface area contributed by atoms with Gasteiger partial charge in [-0.05, 0) is 30.3 Å². The number of hydrogen-bond acceptors (Lipinski definition) is 4. The number of ether oxygens (including phenoxy) is 1. The van der Waals surface area contributed by atoms with Gasteiger partial charge in [0.05, 0.1) is 12.3 Å². The van der Waals surface area contributed by atoms with Crippen molar-refractivity contribution in [3.63, 3.8) is 0 Å². The van der Waals surface area contributed by atoms with Crippen LogP contribution in [0.2, 0.25) is 5.02 Å². The molecule has 0 spiro atoms. The molecule has 1 heterocycles. The van der Waals surface area contributed by atoms with Crippen LogP contribution in [0.15, 0.2) is 66.1 Å². The number of rotatable bonds is 6. The number of halogens is 1. The van der Waals surface area contributed by atoms with Crippen molar-refractivity contribution in [2.75, 3.05) is 12.4 Å². The predicted molar refractivity (Wildman–Crippen MR) is 89.0 cm³/mol.